The summed E-state index contributed by atoms with van der Waals surface area (Å²) in [7, 11) is 0. The van der Waals surface area contributed by atoms with Gasteiger partial charge in [0, 0.05) is 37.8 Å². The molecule has 2 rings (SSSR count). The molecular formula is C22H37N3O3. The summed E-state index contributed by atoms with van der Waals surface area (Å²) in [5.74, 6) is 2.22. The first kappa shape index (κ1) is 22.5. The van der Waals surface area contributed by atoms with Crippen molar-refractivity contribution in [3.05, 3.63) is 29.3 Å². The Bertz CT molecular complexity index is 586. The van der Waals surface area contributed by atoms with Gasteiger partial charge >= 0.3 is 0 Å². The molecule has 28 heavy (non-hydrogen) atoms. The zero-order valence-electron chi connectivity index (χ0n) is 17.8. The first-order chi connectivity index (χ1) is 13.7. The van der Waals surface area contributed by atoms with Gasteiger partial charge in [-0.1, -0.05) is 25.5 Å². The SMILES string of the molecule is CCCCOCCNC(=NCc1ccc(C)cc1OCC1CCOC1)NCC. The lowest BCUT2D eigenvalue weighted by atomic mass is 10.1. The summed E-state index contributed by atoms with van der Waals surface area (Å²) in [6, 6.07) is 6.32. The van der Waals surface area contributed by atoms with Gasteiger partial charge in [0.05, 0.1) is 26.4 Å². The van der Waals surface area contributed by atoms with E-state index in [2.05, 4.69) is 49.6 Å². The average Bonchev–Trinajstić information content (AvgIpc) is 3.21. The summed E-state index contributed by atoms with van der Waals surface area (Å²) in [4.78, 5) is 4.72. The van der Waals surface area contributed by atoms with Gasteiger partial charge in [-0.25, -0.2) is 4.99 Å². The Morgan fingerprint density at radius 1 is 1.25 bits per heavy atom. The fraction of sp³-hybridized carbons (Fsp3) is 0.682. The van der Waals surface area contributed by atoms with E-state index in [-0.39, 0.29) is 0 Å². The van der Waals surface area contributed by atoms with Gasteiger partial charge in [0.2, 0.25) is 0 Å². The van der Waals surface area contributed by atoms with Gasteiger partial charge in [0.25, 0.3) is 0 Å². The molecule has 1 fully saturated rings. The number of unbranched alkanes of at least 4 members (excludes halogenated alkanes) is 1. The molecule has 1 aromatic rings. The number of nitrogens with one attached hydrogen (secondary N) is 2. The van der Waals surface area contributed by atoms with Crippen LogP contribution in [0.4, 0.5) is 0 Å². The molecule has 158 valence electrons. The van der Waals surface area contributed by atoms with Crippen molar-refractivity contribution in [3.8, 4) is 5.75 Å². The summed E-state index contributed by atoms with van der Waals surface area (Å²) in [5.41, 5.74) is 2.29. The van der Waals surface area contributed by atoms with Crippen LogP contribution < -0.4 is 15.4 Å². The van der Waals surface area contributed by atoms with Crippen LogP contribution >= 0.6 is 0 Å². The Hall–Kier alpha value is -1.79. The van der Waals surface area contributed by atoms with Crippen LogP contribution in [0.25, 0.3) is 0 Å². The second kappa shape index (κ2) is 13.4. The standard InChI is InChI=1S/C22H37N3O3/c1-4-6-11-26-13-10-24-22(23-5-2)25-15-20-8-7-18(3)14-21(20)28-17-19-9-12-27-16-19/h7-8,14,19H,4-6,9-13,15-17H2,1-3H3,(H2,23,24,25). The number of ether oxygens (including phenoxy) is 3. The zero-order valence-corrected chi connectivity index (χ0v) is 17.8. The van der Waals surface area contributed by atoms with Gasteiger partial charge in [0.15, 0.2) is 5.96 Å². The summed E-state index contributed by atoms with van der Waals surface area (Å²) in [5, 5.41) is 6.62. The number of aliphatic imine (C=N–C) groups is 1. The molecule has 1 atom stereocenters. The van der Waals surface area contributed by atoms with Gasteiger partial charge in [0.1, 0.15) is 5.75 Å². The minimum Gasteiger partial charge on any atom is -0.493 e. The van der Waals surface area contributed by atoms with Crippen LogP contribution in [0.1, 0.15) is 44.2 Å². The topological polar surface area (TPSA) is 64.1 Å². The van der Waals surface area contributed by atoms with Gasteiger partial charge in [-0.3, -0.25) is 0 Å². The predicted molar refractivity (Wildman–Crippen MR) is 114 cm³/mol. The maximum atomic E-state index is 6.12. The molecule has 0 aromatic heterocycles. The molecule has 0 bridgehead atoms. The van der Waals surface area contributed by atoms with Crippen molar-refractivity contribution < 1.29 is 14.2 Å². The predicted octanol–water partition coefficient (Wildman–Crippen LogP) is 3.28. The molecule has 1 aliphatic rings. The molecule has 1 unspecified atom stereocenters. The van der Waals surface area contributed by atoms with Crippen molar-refractivity contribution in [3.63, 3.8) is 0 Å². The molecule has 2 N–H and O–H groups in total. The molecule has 0 spiro atoms. The Kier molecular flexibility index (Phi) is 10.8. The zero-order chi connectivity index (χ0) is 20.0. The van der Waals surface area contributed by atoms with Crippen LogP contribution in [-0.4, -0.2) is 52.1 Å². The normalized spacial score (nSPS) is 17.0. The first-order valence-electron chi connectivity index (χ1n) is 10.6. The molecule has 0 amide bonds. The van der Waals surface area contributed by atoms with Crippen molar-refractivity contribution in [1.82, 2.24) is 10.6 Å². The third-order valence-electron chi connectivity index (χ3n) is 4.65. The van der Waals surface area contributed by atoms with Crippen molar-refractivity contribution >= 4 is 5.96 Å². The summed E-state index contributed by atoms with van der Waals surface area (Å²) < 4.78 is 17.2. The van der Waals surface area contributed by atoms with Crippen molar-refractivity contribution in [2.24, 2.45) is 10.9 Å². The molecule has 0 aliphatic carbocycles. The summed E-state index contributed by atoms with van der Waals surface area (Å²) in [6.07, 6.45) is 3.34. The number of hydrogen-bond donors (Lipinski definition) is 2. The minimum atomic E-state index is 0.489. The molecule has 0 radical (unpaired) electrons. The molecule has 0 saturated carbocycles. The van der Waals surface area contributed by atoms with E-state index >= 15 is 0 Å². The highest BCUT2D eigenvalue weighted by molar-refractivity contribution is 5.79. The van der Waals surface area contributed by atoms with Gasteiger partial charge < -0.3 is 24.8 Å². The monoisotopic (exact) mass is 391 g/mol. The largest absolute Gasteiger partial charge is 0.493 e. The van der Waals surface area contributed by atoms with Crippen LogP contribution in [0.2, 0.25) is 0 Å². The lowest BCUT2D eigenvalue weighted by Gasteiger charge is -2.15. The van der Waals surface area contributed by atoms with Crippen LogP contribution in [0, 0.1) is 12.8 Å². The summed E-state index contributed by atoms with van der Waals surface area (Å²) >= 11 is 0. The van der Waals surface area contributed by atoms with E-state index in [1.165, 1.54) is 5.56 Å². The maximum absolute atomic E-state index is 6.12. The Morgan fingerprint density at radius 2 is 2.14 bits per heavy atom. The van der Waals surface area contributed by atoms with Crippen LogP contribution in [0.5, 0.6) is 5.75 Å². The number of hydrogen-bond acceptors (Lipinski definition) is 4. The molecule has 6 nitrogen and oxygen atoms in total. The fourth-order valence-electron chi connectivity index (χ4n) is 2.95. The lowest BCUT2D eigenvalue weighted by molar-refractivity contribution is 0.136. The van der Waals surface area contributed by atoms with E-state index < -0.39 is 0 Å². The highest BCUT2D eigenvalue weighted by atomic mass is 16.5. The molecule has 1 aliphatic heterocycles. The first-order valence-corrected chi connectivity index (χ1v) is 10.6. The fourth-order valence-corrected chi connectivity index (χ4v) is 2.95. The Balaban J connectivity index is 1.88. The van der Waals surface area contributed by atoms with Crippen LogP contribution in [0.3, 0.4) is 0 Å². The number of benzene rings is 1. The number of guanidine groups is 1. The van der Waals surface area contributed by atoms with Crippen molar-refractivity contribution in [1.29, 1.82) is 0 Å². The average molecular weight is 392 g/mol. The smallest absolute Gasteiger partial charge is 0.191 e. The third-order valence-corrected chi connectivity index (χ3v) is 4.65. The minimum absolute atomic E-state index is 0.489. The maximum Gasteiger partial charge on any atom is 0.191 e. The molecular weight excluding hydrogens is 354 g/mol. The van der Waals surface area contributed by atoms with Crippen molar-refractivity contribution in [2.45, 2.75) is 46.6 Å². The van der Waals surface area contributed by atoms with Gasteiger partial charge in [-0.2, -0.15) is 0 Å². The second-order valence-electron chi connectivity index (χ2n) is 7.24. The number of nitrogens with zero attached hydrogens (tertiary/aromatic N) is 1. The van der Waals surface area contributed by atoms with E-state index in [9.17, 15) is 0 Å². The second-order valence-corrected chi connectivity index (χ2v) is 7.24. The Morgan fingerprint density at radius 3 is 2.89 bits per heavy atom. The van der Waals surface area contributed by atoms with Gasteiger partial charge in [-0.15, -0.1) is 0 Å². The van der Waals surface area contributed by atoms with Crippen molar-refractivity contribution in [2.75, 3.05) is 46.1 Å². The number of aryl methyl sites for hydroxylation is 1. The highest BCUT2D eigenvalue weighted by Gasteiger charge is 2.17. The summed E-state index contributed by atoms with van der Waals surface area (Å²) in [6.45, 7) is 12.3. The molecule has 6 heteroatoms. The van der Waals surface area contributed by atoms with E-state index in [4.69, 9.17) is 19.2 Å². The Labute approximate surface area is 170 Å². The van der Waals surface area contributed by atoms with Crippen LogP contribution in [0.15, 0.2) is 23.2 Å². The van der Waals surface area contributed by atoms with E-state index in [1.54, 1.807) is 0 Å². The van der Waals surface area contributed by atoms with E-state index in [0.717, 1.165) is 69.4 Å². The number of rotatable bonds is 12. The van der Waals surface area contributed by atoms with E-state index in [0.29, 0.717) is 25.7 Å². The molecule has 1 saturated heterocycles. The van der Waals surface area contributed by atoms with Gasteiger partial charge in [-0.05, 0) is 38.3 Å². The molecule has 1 heterocycles. The van der Waals surface area contributed by atoms with E-state index in [1.807, 2.05) is 0 Å². The quantitative estimate of drug-likeness (QED) is 0.325. The van der Waals surface area contributed by atoms with Crippen LogP contribution in [-0.2, 0) is 16.0 Å². The highest BCUT2D eigenvalue weighted by Crippen LogP contribution is 2.23. The third kappa shape index (κ3) is 8.48. The lowest BCUT2D eigenvalue weighted by Crippen LogP contribution is -2.39. The molecule has 1 aromatic carbocycles.